The van der Waals surface area contributed by atoms with E-state index in [2.05, 4.69) is 5.32 Å². The number of thiophene rings is 1. The van der Waals surface area contributed by atoms with Crippen LogP contribution in [0.25, 0.3) is 0 Å². The molecule has 6 heteroatoms. The van der Waals surface area contributed by atoms with Gasteiger partial charge in [0.05, 0.1) is 11.0 Å². The first-order valence-electron chi connectivity index (χ1n) is 6.99. The van der Waals surface area contributed by atoms with E-state index in [9.17, 15) is 14.9 Å². The summed E-state index contributed by atoms with van der Waals surface area (Å²) in [6, 6.07) is 8.31. The Labute approximate surface area is 133 Å². The molecule has 0 saturated carbocycles. The van der Waals surface area contributed by atoms with Crippen molar-refractivity contribution in [3.8, 4) is 0 Å². The number of hydrogen-bond donors (Lipinski definition) is 1. The average molecular weight is 318 g/mol. The standard InChI is InChI=1S/C16H18N2O3S/c1-10(2)15(14-5-4-8-22-14)17-16(19)12-6-7-13(18(20)21)11(3)9-12/h4-10,15H,1-3H3,(H,17,19)/t15-/m1/s1. The minimum atomic E-state index is -0.445. The van der Waals surface area contributed by atoms with Crippen molar-refractivity contribution in [2.45, 2.75) is 26.8 Å². The summed E-state index contributed by atoms with van der Waals surface area (Å²) in [6.07, 6.45) is 0. The van der Waals surface area contributed by atoms with Crippen molar-refractivity contribution in [2.75, 3.05) is 0 Å². The van der Waals surface area contributed by atoms with Crippen LogP contribution in [0.5, 0.6) is 0 Å². The topological polar surface area (TPSA) is 72.2 Å². The summed E-state index contributed by atoms with van der Waals surface area (Å²) < 4.78 is 0. The third kappa shape index (κ3) is 3.51. The Bertz CT molecular complexity index is 681. The molecule has 1 aromatic carbocycles. The van der Waals surface area contributed by atoms with Crippen molar-refractivity contribution in [1.29, 1.82) is 0 Å². The van der Waals surface area contributed by atoms with Crippen LogP contribution in [0.2, 0.25) is 0 Å². The minimum absolute atomic E-state index is 0.0233. The Morgan fingerprint density at radius 3 is 2.55 bits per heavy atom. The summed E-state index contributed by atoms with van der Waals surface area (Å²) in [5.74, 6) is 0.0341. The molecule has 2 aromatic rings. The highest BCUT2D eigenvalue weighted by Gasteiger charge is 2.21. The second-order valence-electron chi connectivity index (χ2n) is 5.47. The lowest BCUT2D eigenvalue weighted by molar-refractivity contribution is -0.385. The van der Waals surface area contributed by atoms with Crippen molar-refractivity contribution in [1.82, 2.24) is 5.32 Å². The van der Waals surface area contributed by atoms with Crippen LogP contribution in [0, 0.1) is 23.0 Å². The molecule has 1 N–H and O–H groups in total. The molecule has 0 spiro atoms. The first-order valence-corrected chi connectivity index (χ1v) is 7.87. The SMILES string of the molecule is Cc1cc(C(=O)N[C@@H](c2cccs2)C(C)C)ccc1[N+](=O)[O-]. The molecular formula is C16H18N2O3S. The number of amides is 1. The summed E-state index contributed by atoms with van der Waals surface area (Å²) in [7, 11) is 0. The van der Waals surface area contributed by atoms with E-state index in [0.717, 1.165) is 4.88 Å². The number of nitro benzene ring substituents is 1. The fourth-order valence-corrected chi connectivity index (χ4v) is 3.21. The van der Waals surface area contributed by atoms with E-state index >= 15 is 0 Å². The largest absolute Gasteiger partial charge is 0.344 e. The fourth-order valence-electron chi connectivity index (χ4n) is 2.26. The maximum atomic E-state index is 12.4. The molecule has 0 fully saturated rings. The molecule has 0 aliphatic rings. The Balaban J connectivity index is 2.21. The summed E-state index contributed by atoms with van der Waals surface area (Å²) in [4.78, 5) is 23.9. The number of nitro groups is 1. The molecule has 1 heterocycles. The first-order chi connectivity index (χ1) is 10.4. The molecule has 0 aliphatic heterocycles. The van der Waals surface area contributed by atoms with Gasteiger partial charge in [0.25, 0.3) is 11.6 Å². The second-order valence-corrected chi connectivity index (χ2v) is 6.45. The van der Waals surface area contributed by atoms with Crippen LogP contribution in [0.15, 0.2) is 35.7 Å². The van der Waals surface area contributed by atoms with Crippen LogP contribution < -0.4 is 5.32 Å². The van der Waals surface area contributed by atoms with Crippen LogP contribution in [-0.2, 0) is 0 Å². The monoisotopic (exact) mass is 318 g/mol. The van der Waals surface area contributed by atoms with Gasteiger partial charge < -0.3 is 5.32 Å². The zero-order valence-corrected chi connectivity index (χ0v) is 13.5. The Hall–Kier alpha value is -2.21. The Morgan fingerprint density at radius 1 is 1.32 bits per heavy atom. The normalized spacial score (nSPS) is 12.2. The van der Waals surface area contributed by atoms with Gasteiger partial charge in [0.2, 0.25) is 0 Å². The molecule has 0 saturated heterocycles. The highest BCUT2D eigenvalue weighted by molar-refractivity contribution is 7.10. The maximum Gasteiger partial charge on any atom is 0.272 e. The number of nitrogens with one attached hydrogen (secondary N) is 1. The van der Waals surface area contributed by atoms with Gasteiger partial charge in [-0.1, -0.05) is 19.9 Å². The predicted octanol–water partition coefficient (Wildman–Crippen LogP) is 4.09. The predicted molar refractivity (Wildman–Crippen MR) is 87.2 cm³/mol. The third-order valence-electron chi connectivity index (χ3n) is 3.46. The summed E-state index contributed by atoms with van der Waals surface area (Å²) in [5, 5.41) is 15.8. The molecule has 0 aliphatic carbocycles. The van der Waals surface area contributed by atoms with Gasteiger partial charge in [-0.2, -0.15) is 0 Å². The van der Waals surface area contributed by atoms with E-state index in [0.29, 0.717) is 11.1 Å². The molecule has 0 unspecified atom stereocenters. The van der Waals surface area contributed by atoms with E-state index in [1.807, 2.05) is 31.4 Å². The maximum absolute atomic E-state index is 12.4. The van der Waals surface area contributed by atoms with E-state index in [1.54, 1.807) is 24.3 Å². The molecule has 5 nitrogen and oxygen atoms in total. The van der Waals surface area contributed by atoms with Crippen LogP contribution in [-0.4, -0.2) is 10.8 Å². The lowest BCUT2D eigenvalue weighted by Gasteiger charge is -2.21. The number of carbonyl (C=O) groups excluding carboxylic acids is 1. The Morgan fingerprint density at radius 2 is 2.05 bits per heavy atom. The Kier molecular flexibility index (Phi) is 4.92. The van der Waals surface area contributed by atoms with E-state index in [-0.39, 0.29) is 23.6 Å². The first kappa shape index (κ1) is 16.2. The van der Waals surface area contributed by atoms with E-state index in [4.69, 9.17) is 0 Å². The molecule has 116 valence electrons. The zero-order chi connectivity index (χ0) is 16.3. The smallest absolute Gasteiger partial charge is 0.272 e. The van der Waals surface area contributed by atoms with Crippen molar-refractivity contribution in [2.24, 2.45) is 5.92 Å². The summed E-state index contributed by atoms with van der Waals surface area (Å²) in [5.41, 5.74) is 0.940. The summed E-state index contributed by atoms with van der Waals surface area (Å²) >= 11 is 1.60. The molecule has 1 atom stereocenters. The number of benzene rings is 1. The van der Waals surface area contributed by atoms with E-state index in [1.165, 1.54) is 12.1 Å². The molecule has 22 heavy (non-hydrogen) atoms. The number of nitrogens with zero attached hydrogens (tertiary/aromatic N) is 1. The second kappa shape index (κ2) is 6.70. The van der Waals surface area contributed by atoms with Crippen LogP contribution >= 0.6 is 11.3 Å². The minimum Gasteiger partial charge on any atom is -0.344 e. The molecule has 0 bridgehead atoms. The van der Waals surface area contributed by atoms with Crippen LogP contribution in [0.4, 0.5) is 5.69 Å². The zero-order valence-electron chi connectivity index (χ0n) is 12.7. The van der Waals surface area contributed by atoms with Crippen molar-refractivity contribution in [3.63, 3.8) is 0 Å². The lowest BCUT2D eigenvalue weighted by atomic mass is 10.0. The quantitative estimate of drug-likeness (QED) is 0.666. The van der Waals surface area contributed by atoms with Crippen LogP contribution in [0.1, 0.15) is 40.7 Å². The van der Waals surface area contributed by atoms with Gasteiger partial charge in [0, 0.05) is 22.1 Å². The molecular weight excluding hydrogens is 300 g/mol. The van der Waals surface area contributed by atoms with Crippen LogP contribution in [0.3, 0.4) is 0 Å². The average Bonchev–Trinajstić information content (AvgIpc) is 2.97. The van der Waals surface area contributed by atoms with Gasteiger partial charge in [-0.25, -0.2) is 0 Å². The van der Waals surface area contributed by atoms with Crippen molar-refractivity contribution >= 4 is 22.9 Å². The van der Waals surface area contributed by atoms with Gasteiger partial charge >= 0.3 is 0 Å². The van der Waals surface area contributed by atoms with Gasteiger partial charge in [0.1, 0.15) is 0 Å². The van der Waals surface area contributed by atoms with Crippen molar-refractivity contribution < 1.29 is 9.72 Å². The molecule has 2 rings (SSSR count). The van der Waals surface area contributed by atoms with Gasteiger partial charge in [-0.05, 0) is 36.4 Å². The number of rotatable bonds is 5. The van der Waals surface area contributed by atoms with Gasteiger partial charge in [0.15, 0.2) is 0 Å². The summed E-state index contributed by atoms with van der Waals surface area (Å²) in [6.45, 7) is 5.73. The van der Waals surface area contributed by atoms with Crippen molar-refractivity contribution in [3.05, 3.63) is 61.8 Å². The van der Waals surface area contributed by atoms with Gasteiger partial charge in [-0.15, -0.1) is 11.3 Å². The third-order valence-corrected chi connectivity index (χ3v) is 4.41. The molecule has 0 radical (unpaired) electrons. The number of aryl methyl sites for hydroxylation is 1. The molecule has 1 amide bonds. The lowest BCUT2D eigenvalue weighted by Crippen LogP contribution is -2.31. The highest BCUT2D eigenvalue weighted by Crippen LogP contribution is 2.26. The number of hydrogen-bond acceptors (Lipinski definition) is 4. The van der Waals surface area contributed by atoms with Gasteiger partial charge in [-0.3, -0.25) is 14.9 Å². The fraction of sp³-hybridized carbons (Fsp3) is 0.312. The number of carbonyl (C=O) groups is 1. The highest BCUT2D eigenvalue weighted by atomic mass is 32.1. The van der Waals surface area contributed by atoms with E-state index < -0.39 is 4.92 Å². The molecule has 1 aromatic heterocycles.